The van der Waals surface area contributed by atoms with Gasteiger partial charge in [-0.1, -0.05) is 24.6 Å². The fourth-order valence-electron chi connectivity index (χ4n) is 4.88. The highest BCUT2D eigenvalue weighted by Gasteiger charge is 2.30. The van der Waals surface area contributed by atoms with Crippen molar-refractivity contribution in [2.24, 2.45) is 0 Å². The first kappa shape index (κ1) is 20.7. The van der Waals surface area contributed by atoms with Gasteiger partial charge in [0.05, 0.1) is 5.69 Å². The van der Waals surface area contributed by atoms with Crippen LogP contribution < -0.4 is 4.90 Å². The zero-order valence-corrected chi connectivity index (χ0v) is 18.9. The minimum Gasteiger partial charge on any atom is -0.353 e. The predicted octanol–water partition coefficient (Wildman–Crippen LogP) is 3.51. The quantitative estimate of drug-likeness (QED) is 0.595. The molecule has 1 saturated heterocycles. The Hall–Kier alpha value is -3.22. The minimum absolute atomic E-state index is 0.0625. The van der Waals surface area contributed by atoms with Gasteiger partial charge in [-0.15, -0.1) is 0 Å². The average Bonchev–Trinajstić information content (AvgIpc) is 2.99. The summed E-state index contributed by atoms with van der Waals surface area (Å²) in [5, 5.41) is 4.87. The van der Waals surface area contributed by atoms with Gasteiger partial charge in [0.15, 0.2) is 5.69 Å². The van der Waals surface area contributed by atoms with Gasteiger partial charge in [0.1, 0.15) is 11.6 Å². The molecule has 2 aliphatic rings. The van der Waals surface area contributed by atoms with Crippen LogP contribution in [0.1, 0.15) is 52.5 Å². The molecule has 32 heavy (non-hydrogen) atoms. The number of aromatic nitrogens is 4. The first-order chi connectivity index (χ1) is 15.6. The fraction of sp³-hybridized carbons (Fsp3) is 0.440. The molecule has 1 aromatic carbocycles. The van der Waals surface area contributed by atoms with Crippen LogP contribution in [0.15, 0.2) is 36.4 Å². The molecule has 0 unspecified atom stereocenters. The number of fused-ring (bicyclic) bond motifs is 1. The maximum atomic E-state index is 13.6. The molecule has 1 aliphatic carbocycles. The van der Waals surface area contributed by atoms with Crippen LogP contribution in [0.25, 0.3) is 5.69 Å². The molecule has 0 bridgehead atoms. The van der Waals surface area contributed by atoms with Crippen LogP contribution in [0.2, 0.25) is 0 Å². The van der Waals surface area contributed by atoms with Crippen molar-refractivity contribution in [3.8, 4) is 5.69 Å². The smallest absolute Gasteiger partial charge is 0.274 e. The first-order valence-corrected chi connectivity index (χ1v) is 11.6. The lowest BCUT2D eigenvalue weighted by molar-refractivity contribution is 0.0739. The molecule has 2 aromatic heterocycles. The summed E-state index contributed by atoms with van der Waals surface area (Å²) in [6.45, 7) is 6.80. The highest BCUT2D eigenvalue weighted by atomic mass is 16.2. The van der Waals surface area contributed by atoms with Crippen molar-refractivity contribution in [3.05, 3.63) is 64.9 Å². The lowest BCUT2D eigenvalue weighted by Gasteiger charge is -2.35. The van der Waals surface area contributed by atoms with E-state index in [2.05, 4.69) is 27.0 Å². The third-order valence-electron chi connectivity index (χ3n) is 6.48. The topological polar surface area (TPSA) is 67.2 Å². The van der Waals surface area contributed by atoms with Crippen LogP contribution in [0.3, 0.4) is 0 Å². The SMILES string of the molecule is Cc1cc(N2CCN(C(=O)c3nn(-c4ccccc4)c4c3CCCCC4)CC2)nc(C)n1. The van der Waals surface area contributed by atoms with E-state index < -0.39 is 0 Å². The number of aryl methyl sites for hydroxylation is 2. The fourth-order valence-corrected chi connectivity index (χ4v) is 4.88. The van der Waals surface area contributed by atoms with Gasteiger partial charge in [-0.05, 0) is 51.7 Å². The van der Waals surface area contributed by atoms with Crippen LogP contribution in [-0.4, -0.2) is 56.7 Å². The normalized spacial score (nSPS) is 16.6. The van der Waals surface area contributed by atoms with Crippen LogP contribution in [-0.2, 0) is 12.8 Å². The monoisotopic (exact) mass is 430 g/mol. The van der Waals surface area contributed by atoms with Crippen molar-refractivity contribution in [2.75, 3.05) is 31.1 Å². The summed E-state index contributed by atoms with van der Waals surface area (Å²) in [5.41, 5.74) is 5.01. The molecular formula is C25H30N6O. The first-order valence-electron chi connectivity index (χ1n) is 11.6. The van der Waals surface area contributed by atoms with Gasteiger partial charge in [0, 0.05) is 49.2 Å². The summed E-state index contributed by atoms with van der Waals surface area (Å²) in [5.74, 6) is 1.80. The van der Waals surface area contributed by atoms with E-state index in [-0.39, 0.29) is 5.91 Å². The molecule has 0 N–H and O–H groups in total. The van der Waals surface area contributed by atoms with E-state index in [1.165, 1.54) is 12.1 Å². The van der Waals surface area contributed by atoms with E-state index in [0.717, 1.165) is 67.4 Å². The Morgan fingerprint density at radius 3 is 2.41 bits per heavy atom. The molecule has 0 radical (unpaired) electrons. The van der Waals surface area contributed by atoms with Crippen molar-refractivity contribution in [3.63, 3.8) is 0 Å². The number of hydrogen-bond acceptors (Lipinski definition) is 5. The maximum Gasteiger partial charge on any atom is 0.274 e. The third-order valence-corrected chi connectivity index (χ3v) is 6.48. The number of carbonyl (C=O) groups excluding carboxylic acids is 1. The Morgan fingerprint density at radius 2 is 1.66 bits per heavy atom. The molecule has 0 saturated carbocycles. The summed E-state index contributed by atoms with van der Waals surface area (Å²) in [6.07, 6.45) is 5.38. The summed E-state index contributed by atoms with van der Waals surface area (Å²) < 4.78 is 2.01. The molecule has 5 rings (SSSR count). The highest BCUT2D eigenvalue weighted by Crippen LogP contribution is 2.27. The van der Waals surface area contributed by atoms with Gasteiger partial charge in [-0.2, -0.15) is 5.10 Å². The van der Waals surface area contributed by atoms with Crippen LogP contribution in [0, 0.1) is 13.8 Å². The second-order valence-corrected chi connectivity index (χ2v) is 8.78. The van der Waals surface area contributed by atoms with Crippen molar-refractivity contribution >= 4 is 11.7 Å². The van der Waals surface area contributed by atoms with Gasteiger partial charge < -0.3 is 9.80 Å². The van der Waals surface area contributed by atoms with Crippen molar-refractivity contribution in [1.82, 2.24) is 24.6 Å². The van der Waals surface area contributed by atoms with E-state index in [1.807, 2.05) is 47.7 Å². The Bertz CT molecular complexity index is 1090. The predicted molar refractivity (Wildman–Crippen MR) is 124 cm³/mol. The highest BCUT2D eigenvalue weighted by molar-refractivity contribution is 5.94. The zero-order chi connectivity index (χ0) is 22.1. The molecule has 1 fully saturated rings. The molecular weight excluding hydrogens is 400 g/mol. The van der Waals surface area contributed by atoms with Gasteiger partial charge in [-0.3, -0.25) is 4.79 Å². The van der Waals surface area contributed by atoms with Gasteiger partial charge in [0.2, 0.25) is 0 Å². The molecule has 7 heteroatoms. The molecule has 1 aliphatic heterocycles. The lowest BCUT2D eigenvalue weighted by Crippen LogP contribution is -2.49. The molecule has 0 atom stereocenters. The third kappa shape index (κ3) is 3.99. The Labute approximate surface area is 189 Å². The van der Waals surface area contributed by atoms with Crippen LogP contribution in [0.5, 0.6) is 0 Å². The summed E-state index contributed by atoms with van der Waals surface area (Å²) in [6, 6.07) is 12.2. The van der Waals surface area contributed by atoms with E-state index in [9.17, 15) is 4.79 Å². The molecule has 166 valence electrons. The number of carbonyl (C=O) groups is 1. The number of para-hydroxylation sites is 1. The van der Waals surface area contributed by atoms with Crippen LogP contribution >= 0.6 is 0 Å². The van der Waals surface area contributed by atoms with E-state index >= 15 is 0 Å². The molecule has 1 amide bonds. The van der Waals surface area contributed by atoms with Gasteiger partial charge >= 0.3 is 0 Å². The number of rotatable bonds is 3. The zero-order valence-electron chi connectivity index (χ0n) is 18.9. The lowest BCUT2D eigenvalue weighted by atomic mass is 10.1. The van der Waals surface area contributed by atoms with Gasteiger partial charge in [0.25, 0.3) is 5.91 Å². The second-order valence-electron chi connectivity index (χ2n) is 8.78. The van der Waals surface area contributed by atoms with Crippen molar-refractivity contribution < 1.29 is 4.79 Å². The Kier molecular flexibility index (Phi) is 5.64. The maximum absolute atomic E-state index is 13.6. The Morgan fingerprint density at radius 1 is 0.906 bits per heavy atom. The number of amides is 1. The standard InChI is InChI=1S/C25H30N6O/c1-18-17-23(27-19(2)26-18)29-13-15-30(16-14-29)25(32)24-21-11-7-4-8-12-22(21)31(28-24)20-9-5-3-6-10-20/h3,5-6,9-10,17H,4,7-8,11-16H2,1-2H3. The molecule has 3 heterocycles. The largest absolute Gasteiger partial charge is 0.353 e. The number of hydrogen-bond donors (Lipinski definition) is 0. The number of anilines is 1. The van der Waals surface area contributed by atoms with E-state index in [0.29, 0.717) is 18.8 Å². The molecule has 3 aromatic rings. The summed E-state index contributed by atoms with van der Waals surface area (Å²) in [4.78, 5) is 26.8. The number of benzene rings is 1. The van der Waals surface area contributed by atoms with E-state index in [1.54, 1.807) is 0 Å². The second kappa shape index (κ2) is 8.73. The number of piperazine rings is 1. The Balaban J connectivity index is 1.38. The summed E-state index contributed by atoms with van der Waals surface area (Å²) >= 11 is 0. The van der Waals surface area contributed by atoms with Crippen molar-refractivity contribution in [2.45, 2.75) is 46.0 Å². The average molecular weight is 431 g/mol. The van der Waals surface area contributed by atoms with Crippen LogP contribution in [0.4, 0.5) is 5.82 Å². The molecule has 7 nitrogen and oxygen atoms in total. The van der Waals surface area contributed by atoms with Crippen molar-refractivity contribution in [1.29, 1.82) is 0 Å². The minimum atomic E-state index is 0.0625. The molecule has 0 spiro atoms. The van der Waals surface area contributed by atoms with E-state index in [4.69, 9.17) is 5.10 Å². The number of nitrogens with zero attached hydrogens (tertiary/aromatic N) is 6. The van der Waals surface area contributed by atoms with Gasteiger partial charge in [-0.25, -0.2) is 14.6 Å². The summed E-state index contributed by atoms with van der Waals surface area (Å²) in [7, 11) is 0.